The third kappa shape index (κ3) is 5.62. The number of fused-ring (bicyclic) bond motifs is 1. The molecule has 0 radical (unpaired) electrons. The van der Waals surface area contributed by atoms with Crippen molar-refractivity contribution in [3.63, 3.8) is 0 Å². The van der Waals surface area contributed by atoms with Crippen molar-refractivity contribution in [2.24, 2.45) is 5.10 Å². The standard InChI is InChI=1S/C23H23N9O3/c1-30(2)11-10-24-23(33)17-8-6-16(7-9-17)13-27-29-21-20-14-28-31(22(20)26-15-25-21)18-4-3-5-19(12-18)32(34)35/h3-9,12-15H,10-11H2,1-2H3,(H,24,33)(H,25,26,29)/b27-13+. The molecule has 12 nitrogen and oxygen atoms in total. The number of nitro groups is 1. The minimum Gasteiger partial charge on any atom is -0.351 e. The van der Waals surface area contributed by atoms with Gasteiger partial charge in [-0.2, -0.15) is 10.2 Å². The molecule has 12 heteroatoms. The average Bonchev–Trinajstić information content (AvgIpc) is 3.29. The summed E-state index contributed by atoms with van der Waals surface area (Å²) in [6.45, 7) is 1.34. The molecule has 2 aromatic carbocycles. The summed E-state index contributed by atoms with van der Waals surface area (Å²) in [5.41, 5.74) is 5.18. The van der Waals surface area contributed by atoms with Crippen LogP contribution in [0.3, 0.4) is 0 Å². The molecule has 0 atom stereocenters. The molecule has 0 bridgehead atoms. The summed E-state index contributed by atoms with van der Waals surface area (Å²) in [7, 11) is 3.90. The molecular weight excluding hydrogens is 450 g/mol. The number of rotatable bonds is 9. The molecule has 0 spiro atoms. The van der Waals surface area contributed by atoms with E-state index < -0.39 is 4.92 Å². The first kappa shape index (κ1) is 23.4. The molecule has 0 unspecified atom stereocenters. The second kappa shape index (κ2) is 10.5. The molecule has 2 aromatic heterocycles. The Bertz CT molecular complexity index is 1380. The Kier molecular flexibility index (Phi) is 7.02. The molecule has 4 aromatic rings. The maximum atomic E-state index is 12.2. The highest BCUT2D eigenvalue weighted by molar-refractivity contribution is 5.95. The van der Waals surface area contributed by atoms with E-state index in [1.54, 1.807) is 48.8 Å². The van der Waals surface area contributed by atoms with Crippen LogP contribution in [0.5, 0.6) is 0 Å². The number of hydrogen-bond acceptors (Lipinski definition) is 9. The minimum atomic E-state index is -0.462. The van der Waals surface area contributed by atoms with Gasteiger partial charge in [0.25, 0.3) is 11.6 Å². The molecule has 2 heterocycles. The van der Waals surface area contributed by atoms with Gasteiger partial charge < -0.3 is 10.2 Å². The Morgan fingerprint density at radius 3 is 2.74 bits per heavy atom. The number of nitrogens with zero attached hydrogens (tertiary/aromatic N) is 7. The van der Waals surface area contributed by atoms with Gasteiger partial charge in [0.1, 0.15) is 6.33 Å². The van der Waals surface area contributed by atoms with Crippen molar-refractivity contribution in [3.05, 3.63) is 82.3 Å². The first-order valence-electron chi connectivity index (χ1n) is 10.7. The number of carbonyl (C=O) groups is 1. The Morgan fingerprint density at radius 1 is 1.20 bits per heavy atom. The summed E-state index contributed by atoms with van der Waals surface area (Å²) >= 11 is 0. The van der Waals surface area contributed by atoms with Crippen LogP contribution < -0.4 is 10.7 Å². The first-order chi connectivity index (χ1) is 16.9. The van der Waals surface area contributed by atoms with Gasteiger partial charge in [-0.1, -0.05) is 18.2 Å². The highest BCUT2D eigenvalue weighted by Gasteiger charge is 2.13. The zero-order valence-corrected chi connectivity index (χ0v) is 19.1. The minimum absolute atomic E-state index is 0.0415. The molecule has 178 valence electrons. The number of amides is 1. The van der Waals surface area contributed by atoms with Crippen LogP contribution >= 0.6 is 0 Å². The number of aromatic nitrogens is 4. The third-order valence-electron chi connectivity index (χ3n) is 5.05. The number of non-ortho nitro benzene ring substituents is 1. The largest absolute Gasteiger partial charge is 0.351 e. The van der Waals surface area contributed by atoms with Crippen molar-refractivity contribution in [1.29, 1.82) is 0 Å². The molecule has 1 amide bonds. The maximum Gasteiger partial charge on any atom is 0.271 e. The van der Waals surface area contributed by atoms with Crippen molar-refractivity contribution < 1.29 is 9.72 Å². The molecular formula is C23H23N9O3. The summed E-state index contributed by atoms with van der Waals surface area (Å²) in [5.74, 6) is 0.303. The second-order valence-corrected chi connectivity index (χ2v) is 7.84. The number of nitrogens with one attached hydrogen (secondary N) is 2. The number of nitro benzene ring substituents is 1. The van der Waals surface area contributed by atoms with E-state index in [-0.39, 0.29) is 11.6 Å². The van der Waals surface area contributed by atoms with Crippen LogP contribution in [0.1, 0.15) is 15.9 Å². The summed E-state index contributed by atoms with van der Waals surface area (Å²) in [5, 5.41) is 23.1. The van der Waals surface area contributed by atoms with E-state index in [1.807, 2.05) is 19.0 Å². The fourth-order valence-electron chi connectivity index (χ4n) is 3.24. The Balaban J connectivity index is 1.45. The van der Waals surface area contributed by atoms with E-state index >= 15 is 0 Å². The molecule has 0 saturated carbocycles. The van der Waals surface area contributed by atoms with Gasteiger partial charge in [0.15, 0.2) is 11.5 Å². The van der Waals surface area contributed by atoms with Gasteiger partial charge in [-0.15, -0.1) is 0 Å². The first-order valence-corrected chi connectivity index (χ1v) is 10.7. The monoisotopic (exact) mass is 473 g/mol. The predicted molar refractivity (Wildman–Crippen MR) is 132 cm³/mol. The van der Waals surface area contributed by atoms with Crippen molar-refractivity contribution in [3.8, 4) is 5.69 Å². The van der Waals surface area contributed by atoms with Crippen molar-refractivity contribution >= 4 is 34.7 Å². The van der Waals surface area contributed by atoms with Gasteiger partial charge in [-0.3, -0.25) is 20.3 Å². The predicted octanol–water partition coefficient (Wildman–Crippen LogP) is 2.46. The van der Waals surface area contributed by atoms with E-state index in [0.29, 0.717) is 34.6 Å². The SMILES string of the molecule is CN(C)CCNC(=O)c1ccc(/C=N/Nc2ncnc3c2cnn3-c2cccc([N+](=O)[O-])c2)cc1. The number of carbonyl (C=O) groups excluding carboxylic acids is 1. The number of benzene rings is 2. The van der Waals surface area contributed by atoms with E-state index in [1.165, 1.54) is 23.1 Å². The summed E-state index contributed by atoms with van der Waals surface area (Å²) in [6.07, 6.45) is 4.53. The van der Waals surface area contributed by atoms with Crippen molar-refractivity contribution in [2.45, 2.75) is 0 Å². The normalized spacial score (nSPS) is 11.3. The lowest BCUT2D eigenvalue weighted by atomic mass is 10.1. The third-order valence-corrected chi connectivity index (χ3v) is 5.05. The zero-order chi connectivity index (χ0) is 24.8. The van der Waals surface area contributed by atoms with E-state index in [4.69, 9.17) is 0 Å². The number of hydrogen-bond donors (Lipinski definition) is 2. The number of likely N-dealkylation sites (N-methyl/N-ethyl adjacent to an activating group) is 1. The van der Waals surface area contributed by atoms with Crippen LogP contribution in [0.15, 0.2) is 66.2 Å². The molecule has 0 saturated heterocycles. The highest BCUT2D eigenvalue weighted by atomic mass is 16.6. The topological polar surface area (TPSA) is 143 Å². The lowest BCUT2D eigenvalue weighted by Crippen LogP contribution is -2.31. The molecule has 35 heavy (non-hydrogen) atoms. The smallest absolute Gasteiger partial charge is 0.271 e. The van der Waals surface area contributed by atoms with Crippen molar-refractivity contribution in [1.82, 2.24) is 30.0 Å². The number of hydrazone groups is 1. The van der Waals surface area contributed by atoms with Crippen LogP contribution in [0.2, 0.25) is 0 Å². The van der Waals surface area contributed by atoms with Crippen molar-refractivity contribution in [2.75, 3.05) is 32.6 Å². The quantitative estimate of drug-likeness (QED) is 0.214. The summed E-state index contributed by atoms with van der Waals surface area (Å²) in [4.78, 5) is 33.3. The van der Waals surface area contributed by atoms with Crippen LogP contribution in [0, 0.1) is 10.1 Å². The van der Waals surface area contributed by atoms with Gasteiger partial charge in [-0.25, -0.2) is 14.6 Å². The lowest BCUT2D eigenvalue weighted by molar-refractivity contribution is -0.384. The fourth-order valence-corrected chi connectivity index (χ4v) is 3.24. The van der Waals surface area contributed by atoms with Gasteiger partial charge in [0, 0.05) is 30.8 Å². The van der Waals surface area contributed by atoms with Crippen LogP contribution in [-0.2, 0) is 0 Å². The van der Waals surface area contributed by atoms with E-state index in [9.17, 15) is 14.9 Å². The molecule has 4 rings (SSSR count). The lowest BCUT2D eigenvalue weighted by Gasteiger charge is -2.10. The van der Waals surface area contributed by atoms with Gasteiger partial charge in [0.05, 0.1) is 28.4 Å². The molecule has 0 aliphatic rings. The van der Waals surface area contributed by atoms with Gasteiger partial charge in [0.2, 0.25) is 0 Å². The molecule has 0 aliphatic heterocycles. The maximum absolute atomic E-state index is 12.2. The van der Waals surface area contributed by atoms with E-state index in [0.717, 1.165) is 12.1 Å². The molecule has 0 fully saturated rings. The van der Waals surface area contributed by atoms with Crippen LogP contribution in [-0.4, -0.2) is 68.9 Å². The number of anilines is 1. The van der Waals surface area contributed by atoms with Gasteiger partial charge >= 0.3 is 0 Å². The second-order valence-electron chi connectivity index (χ2n) is 7.84. The highest BCUT2D eigenvalue weighted by Crippen LogP contribution is 2.23. The fraction of sp³-hybridized carbons (Fsp3) is 0.174. The Labute approximate surface area is 200 Å². The summed E-state index contributed by atoms with van der Waals surface area (Å²) < 4.78 is 1.50. The summed E-state index contributed by atoms with van der Waals surface area (Å²) in [6, 6.07) is 13.2. The molecule has 2 N–H and O–H groups in total. The van der Waals surface area contributed by atoms with E-state index in [2.05, 4.69) is 30.9 Å². The van der Waals surface area contributed by atoms with Crippen LogP contribution in [0.25, 0.3) is 16.7 Å². The molecule has 0 aliphatic carbocycles. The Morgan fingerprint density at radius 2 is 2.00 bits per heavy atom. The zero-order valence-electron chi connectivity index (χ0n) is 19.1. The van der Waals surface area contributed by atoms with Gasteiger partial charge in [-0.05, 0) is 37.9 Å². The average molecular weight is 473 g/mol. The van der Waals surface area contributed by atoms with Crippen LogP contribution in [0.4, 0.5) is 11.5 Å². The Hall–Kier alpha value is -4.71.